The van der Waals surface area contributed by atoms with Gasteiger partial charge in [-0.1, -0.05) is 18.2 Å². The van der Waals surface area contributed by atoms with E-state index in [1.165, 1.54) is 0 Å². The van der Waals surface area contributed by atoms with Crippen molar-refractivity contribution in [3.05, 3.63) is 42.2 Å². The molecule has 2 heterocycles. The Morgan fingerprint density at radius 1 is 1.50 bits per heavy atom. The van der Waals surface area contributed by atoms with E-state index in [4.69, 9.17) is 9.47 Å². The van der Waals surface area contributed by atoms with Crippen LogP contribution in [-0.2, 0) is 11.3 Å². The number of nitrogens with one attached hydrogen (secondary N) is 1. The van der Waals surface area contributed by atoms with Gasteiger partial charge in [0.25, 0.3) is 5.91 Å². The highest BCUT2D eigenvalue weighted by Gasteiger charge is 2.22. The Hall–Kier alpha value is -2.50. The zero-order chi connectivity index (χ0) is 15.4. The van der Waals surface area contributed by atoms with Crippen LogP contribution < -0.4 is 14.8 Å². The number of para-hydroxylation sites is 1. The third-order valence-electron chi connectivity index (χ3n) is 3.60. The van der Waals surface area contributed by atoms with Crippen LogP contribution in [0.1, 0.15) is 24.9 Å². The Bertz CT molecular complexity index is 654. The monoisotopic (exact) mass is 301 g/mol. The zero-order valence-electron chi connectivity index (χ0n) is 12.5. The molecule has 1 atom stereocenters. The van der Waals surface area contributed by atoms with E-state index in [9.17, 15) is 4.79 Å². The molecule has 22 heavy (non-hydrogen) atoms. The van der Waals surface area contributed by atoms with E-state index in [0.717, 1.165) is 24.3 Å². The summed E-state index contributed by atoms with van der Waals surface area (Å²) in [6.07, 6.45) is 4.15. The molecular weight excluding hydrogens is 282 g/mol. The molecular formula is C16H19N3O3. The summed E-state index contributed by atoms with van der Waals surface area (Å²) in [7, 11) is 0. The first-order valence-corrected chi connectivity index (χ1v) is 7.42. The minimum Gasteiger partial charge on any atom is -0.493 e. The maximum absolute atomic E-state index is 12.1. The Labute approximate surface area is 129 Å². The van der Waals surface area contributed by atoms with Gasteiger partial charge in [-0.15, -0.1) is 0 Å². The average Bonchev–Trinajstić information content (AvgIpc) is 3.01. The van der Waals surface area contributed by atoms with Crippen LogP contribution >= 0.6 is 0 Å². The van der Waals surface area contributed by atoms with Crippen molar-refractivity contribution in [1.82, 2.24) is 15.1 Å². The Kier molecular flexibility index (Phi) is 4.27. The highest BCUT2D eigenvalue weighted by Crippen LogP contribution is 2.31. The lowest BCUT2D eigenvalue weighted by molar-refractivity contribution is -0.124. The maximum atomic E-state index is 12.1. The normalized spacial score (nSPS) is 16.5. The molecule has 0 bridgehead atoms. The predicted octanol–water partition coefficient (Wildman–Crippen LogP) is 1.92. The zero-order valence-corrected chi connectivity index (χ0v) is 12.5. The van der Waals surface area contributed by atoms with E-state index in [1.54, 1.807) is 17.1 Å². The molecule has 1 amide bonds. The number of aryl methyl sites for hydroxylation is 1. The molecule has 3 rings (SSSR count). The largest absolute Gasteiger partial charge is 0.493 e. The molecule has 0 aliphatic carbocycles. The molecule has 6 heteroatoms. The first-order chi connectivity index (χ1) is 10.8. The van der Waals surface area contributed by atoms with Crippen LogP contribution in [0.2, 0.25) is 0 Å². The van der Waals surface area contributed by atoms with Crippen LogP contribution in [0.5, 0.6) is 11.5 Å². The minimum atomic E-state index is -0.147. The van der Waals surface area contributed by atoms with Crippen molar-refractivity contribution in [3.8, 4) is 11.5 Å². The number of hydrogen-bond acceptors (Lipinski definition) is 4. The van der Waals surface area contributed by atoms with Gasteiger partial charge in [0.1, 0.15) is 5.75 Å². The number of amides is 1. The van der Waals surface area contributed by atoms with Gasteiger partial charge in [-0.25, -0.2) is 0 Å². The Balaban J connectivity index is 1.56. The van der Waals surface area contributed by atoms with Crippen molar-refractivity contribution in [2.45, 2.75) is 25.9 Å². The van der Waals surface area contributed by atoms with Crippen molar-refractivity contribution >= 4 is 5.91 Å². The van der Waals surface area contributed by atoms with E-state index >= 15 is 0 Å². The number of ether oxygens (including phenoxy) is 2. The second kappa shape index (κ2) is 6.51. The van der Waals surface area contributed by atoms with Gasteiger partial charge in [0, 0.05) is 18.5 Å². The smallest absolute Gasteiger partial charge is 0.258 e. The topological polar surface area (TPSA) is 65.4 Å². The van der Waals surface area contributed by atoms with Crippen molar-refractivity contribution in [1.29, 1.82) is 0 Å². The second-order valence-corrected chi connectivity index (χ2v) is 5.12. The van der Waals surface area contributed by atoms with Gasteiger partial charge in [-0.3, -0.25) is 9.48 Å². The summed E-state index contributed by atoms with van der Waals surface area (Å²) >= 11 is 0. The molecule has 2 aromatic rings. The predicted molar refractivity (Wildman–Crippen MR) is 80.8 cm³/mol. The molecule has 1 aliphatic rings. The van der Waals surface area contributed by atoms with Gasteiger partial charge in [0.2, 0.25) is 0 Å². The minimum absolute atomic E-state index is 0.0189. The van der Waals surface area contributed by atoms with Crippen molar-refractivity contribution < 1.29 is 14.3 Å². The lowest BCUT2D eigenvalue weighted by atomic mass is 10.0. The fourth-order valence-electron chi connectivity index (χ4n) is 2.47. The fourth-order valence-corrected chi connectivity index (χ4v) is 2.47. The molecule has 1 aromatic carbocycles. The molecule has 1 N–H and O–H groups in total. The fraction of sp³-hybridized carbons (Fsp3) is 0.375. The molecule has 0 saturated heterocycles. The molecule has 0 saturated carbocycles. The van der Waals surface area contributed by atoms with Crippen LogP contribution in [0.15, 0.2) is 36.7 Å². The van der Waals surface area contributed by atoms with Crippen LogP contribution in [0.3, 0.4) is 0 Å². The summed E-state index contributed by atoms with van der Waals surface area (Å²) in [4.78, 5) is 12.1. The SMILES string of the molecule is CCn1cc(OCC(=O)N[C@@H]2CCOc3ccccc32)cn1. The molecule has 0 radical (unpaired) electrons. The van der Waals surface area contributed by atoms with Gasteiger partial charge in [-0.05, 0) is 13.0 Å². The highest BCUT2D eigenvalue weighted by molar-refractivity contribution is 5.78. The van der Waals surface area contributed by atoms with Crippen molar-refractivity contribution in [3.63, 3.8) is 0 Å². The summed E-state index contributed by atoms with van der Waals surface area (Å²) in [5.74, 6) is 1.29. The van der Waals surface area contributed by atoms with E-state index in [0.29, 0.717) is 12.4 Å². The molecule has 0 unspecified atom stereocenters. The number of aromatic nitrogens is 2. The van der Waals surface area contributed by atoms with E-state index < -0.39 is 0 Å². The number of nitrogens with zero attached hydrogens (tertiary/aromatic N) is 2. The van der Waals surface area contributed by atoms with E-state index in [1.807, 2.05) is 31.2 Å². The Morgan fingerprint density at radius 2 is 2.36 bits per heavy atom. The average molecular weight is 301 g/mol. The molecule has 0 spiro atoms. The number of hydrogen-bond donors (Lipinski definition) is 1. The maximum Gasteiger partial charge on any atom is 0.258 e. The third-order valence-corrected chi connectivity index (χ3v) is 3.60. The van der Waals surface area contributed by atoms with E-state index in [-0.39, 0.29) is 18.6 Å². The van der Waals surface area contributed by atoms with Gasteiger partial charge in [0.15, 0.2) is 12.4 Å². The van der Waals surface area contributed by atoms with E-state index in [2.05, 4.69) is 10.4 Å². The standard InChI is InChI=1S/C16H19N3O3/c1-2-19-10-12(9-17-19)22-11-16(20)18-14-7-8-21-15-6-4-3-5-13(14)15/h3-6,9-10,14H,2,7-8,11H2,1H3,(H,18,20)/t14-/m1/s1. The highest BCUT2D eigenvalue weighted by atomic mass is 16.5. The summed E-state index contributed by atoms with van der Waals surface area (Å²) in [6, 6.07) is 7.74. The lowest BCUT2D eigenvalue weighted by Crippen LogP contribution is -2.35. The number of carbonyl (C=O) groups excluding carboxylic acids is 1. The van der Waals surface area contributed by atoms with Gasteiger partial charge >= 0.3 is 0 Å². The first-order valence-electron chi connectivity index (χ1n) is 7.42. The quantitative estimate of drug-likeness (QED) is 0.916. The van der Waals surface area contributed by atoms with Gasteiger partial charge in [-0.2, -0.15) is 5.10 Å². The van der Waals surface area contributed by atoms with Crippen LogP contribution in [0.25, 0.3) is 0 Å². The molecule has 1 aliphatic heterocycles. The number of rotatable bonds is 5. The summed E-state index contributed by atoms with van der Waals surface area (Å²) in [5.41, 5.74) is 1.01. The first kappa shape index (κ1) is 14.4. The summed E-state index contributed by atoms with van der Waals surface area (Å²) < 4.78 is 12.8. The van der Waals surface area contributed by atoms with Crippen LogP contribution in [-0.4, -0.2) is 28.9 Å². The summed E-state index contributed by atoms with van der Waals surface area (Å²) in [5, 5.41) is 7.10. The van der Waals surface area contributed by atoms with Crippen molar-refractivity contribution in [2.75, 3.05) is 13.2 Å². The molecule has 6 nitrogen and oxygen atoms in total. The van der Waals surface area contributed by atoms with Crippen molar-refractivity contribution in [2.24, 2.45) is 0 Å². The van der Waals surface area contributed by atoms with Gasteiger partial charge in [0.05, 0.1) is 25.0 Å². The second-order valence-electron chi connectivity index (χ2n) is 5.12. The molecule has 116 valence electrons. The molecule has 0 fully saturated rings. The Morgan fingerprint density at radius 3 is 3.18 bits per heavy atom. The molecule has 1 aromatic heterocycles. The number of benzene rings is 1. The number of fused-ring (bicyclic) bond motifs is 1. The third kappa shape index (κ3) is 3.21. The van der Waals surface area contributed by atoms with Crippen LogP contribution in [0.4, 0.5) is 0 Å². The number of carbonyl (C=O) groups is 1. The summed E-state index contributed by atoms with van der Waals surface area (Å²) in [6.45, 7) is 3.35. The lowest BCUT2D eigenvalue weighted by Gasteiger charge is -2.26. The van der Waals surface area contributed by atoms with Gasteiger partial charge < -0.3 is 14.8 Å². The van der Waals surface area contributed by atoms with Crippen LogP contribution in [0, 0.1) is 0 Å².